The van der Waals surface area contributed by atoms with Crippen molar-refractivity contribution in [1.29, 1.82) is 0 Å². The van der Waals surface area contributed by atoms with Crippen LogP contribution in [0.2, 0.25) is 0 Å². The molecular weight excluding hydrogens is 234 g/mol. The van der Waals surface area contributed by atoms with Crippen molar-refractivity contribution < 1.29 is 14.8 Å². The minimum Gasteiger partial charge on any atom is -0.508 e. The second kappa shape index (κ2) is 4.75. The van der Waals surface area contributed by atoms with Crippen molar-refractivity contribution in [3.8, 4) is 17.2 Å². The van der Waals surface area contributed by atoms with Crippen molar-refractivity contribution in [3.63, 3.8) is 0 Å². The van der Waals surface area contributed by atoms with Gasteiger partial charge in [-0.05, 0) is 24.6 Å². The number of nitro groups is 1. The summed E-state index contributed by atoms with van der Waals surface area (Å²) in [6.07, 6.45) is 0. The molecule has 0 aliphatic carbocycles. The topological polar surface area (TPSA) is 72.6 Å². The van der Waals surface area contributed by atoms with Crippen molar-refractivity contribution >= 4 is 5.69 Å². The summed E-state index contributed by atoms with van der Waals surface area (Å²) >= 11 is 0. The summed E-state index contributed by atoms with van der Waals surface area (Å²) in [6, 6.07) is 10.8. The van der Waals surface area contributed by atoms with Crippen LogP contribution >= 0.6 is 0 Å². The van der Waals surface area contributed by atoms with Gasteiger partial charge in [0.2, 0.25) is 5.75 Å². The number of hydrogen-bond donors (Lipinski definition) is 1. The molecule has 0 saturated heterocycles. The summed E-state index contributed by atoms with van der Waals surface area (Å²) in [7, 11) is 0. The maximum atomic E-state index is 10.9. The fourth-order valence-corrected chi connectivity index (χ4v) is 1.58. The second-order valence-electron chi connectivity index (χ2n) is 3.78. The predicted molar refractivity (Wildman–Crippen MR) is 66.0 cm³/mol. The smallest absolute Gasteiger partial charge is 0.311 e. The molecule has 0 radical (unpaired) electrons. The van der Waals surface area contributed by atoms with E-state index in [-0.39, 0.29) is 17.2 Å². The van der Waals surface area contributed by atoms with Gasteiger partial charge < -0.3 is 9.84 Å². The first-order valence-electron chi connectivity index (χ1n) is 5.29. The van der Waals surface area contributed by atoms with Gasteiger partial charge in [-0.2, -0.15) is 0 Å². The van der Waals surface area contributed by atoms with Gasteiger partial charge in [0, 0.05) is 12.1 Å². The van der Waals surface area contributed by atoms with Crippen molar-refractivity contribution in [3.05, 3.63) is 58.1 Å². The molecule has 0 atom stereocenters. The van der Waals surface area contributed by atoms with E-state index in [1.807, 2.05) is 0 Å². The number of nitro benzene ring substituents is 1. The van der Waals surface area contributed by atoms with Crippen LogP contribution in [0, 0.1) is 17.0 Å². The molecule has 5 heteroatoms. The van der Waals surface area contributed by atoms with Gasteiger partial charge in [0.25, 0.3) is 0 Å². The summed E-state index contributed by atoms with van der Waals surface area (Å²) < 4.78 is 5.48. The zero-order chi connectivity index (χ0) is 13.1. The maximum Gasteiger partial charge on any atom is 0.311 e. The van der Waals surface area contributed by atoms with Crippen LogP contribution in [0.25, 0.3) is 0 Å². The molecule has 2 aromatic carbocycles. The third-order valence-electron chi connectivity index (χ3n) is 2.43. The van der Waals surface area contributed by atoms with Crippen LogP contribution in [0.15, 0.2) is 42.5 Å². The maximum absolute atomic E-state index is 10.9. The molecule has 0 unspecified atom stereocenters. The van der Waals surface area contributed by atoms with Gasteiger partial charge in [0.1, 0.15) is 11.5 Å². The zero-order valence-corrected chi connectivity index (χ0v) is 9.66. The van der Waals surface area contributed by atoms with E-state index in [0.29, 0.717) is 11.3 Å². The predicted octanol–water partition coefficient (Wildman–Crippen LogP) is 3.40. The Morgan fingerprint density at radius 1 is 1.22 bits per heavy atom. The summed E-state index contributed by atoms with van der Waals surface area (Å²) in [6.45, 7) is 1.73. The molecule has 0 aliphatic rings. The van der Waals surface area contributed by atoms with Crippen LogP contribution in [-0.4, -0.2) is 10.0 Å². The summed E-state index contributed by atoms with van der Waals surface area (Å²) in [5.41, 5.74) is 0.561. The molecule has 1 N–H and O–H groups in total. The number of aromatic hydroxyl groups is 1. The van der Waals surface area contributed by atoms with Gasteiger partial charge in [-0.1, -0.05) is 18.2 Å². The van der Waals surface area contributed by atoms with Gasteiger partial charge in [-0.3, -0.25) is 10.1 Å². The summed E-state index contributed by atoms with van der Waals surface area (Å²) in [4.78, 5) is 10.4. The van der Waals surface area contributed by atoms with Crippen molar-refractivity contribution in [2.75, 3.05) is 0 Å². The molecule has 0 amide bonds. The lowest BCUT2D eigenvalue weighted by Crippen LogP contribution is -1.95. The number of hydrogen-bond acceptors (Lipinski definition) is 4. The van der Waals surface area contributed by atoms with Crippen LogP contribution in [-0.2, 0) is 0 Å². The number of nitrogens with zero attached hydrogens (tertiary/aromatic N) is 1. The van der Waals surface area contributed by atoms with Gasteiger partial charge in [0.05, 0.1) is 4.92 Å². The number of phenolic OH excluding ortho intramolecular Hbond substituents is 1. The Hall–Kier alpha value is -2.56. The zero-order valence-electron chi connectivity index (χ0n) is 9.66. The first-order chi connectivity index (χ1) is 8.58. The number of phenols is 1. The van der Waals surface area contributed by atoms with Crippen LogP contribution in [0.1, 0.15) is 5.56 Å². The fourth-order valence-electron chi connectivity index (χ4n) is 1.58. The number of aryl methyl sites for hydroxylation is 1. The summed E-state index contributed by atoms with van der Waals surface area (Å²) in [5, 5.41) is 20.2. The lowest BCUT2D eigenvalue weighted by molar-refractivity contribution is -0.385. The quantitative estimate of drug-likeness (QED) is 0.664. The number of ether oxygens (including phenoxy) is 1. The lowest BCUT2D eigenvalue weighted by Gasteiger charge is -2.09. The van der Waals surface area contributed by atoms with Crippen molar-refractivity contribution in [1.82, 2.24) is 0 Å². The van der Waals surface area contributed by atoms with E-state index < -0.39 is 4.92 Å². The third-order valence-corrected chi connectivity index (χ3v) is 2.43. The SMILES string of the molecule is Cc1cccc([N+](=O)[O-])c1Oc1cccc(O)c1. The molecule has 0 fully saturated rings. The van der Waals surface area contributed by atoms with E-state index in [4.69, 9.17) is 4.74 Å². The fraction of sp³-hybridized carbons (Fsp3) is 0.0769. The van der Waals surface area contributed by atoms with E-state index in [2.05, 4.69) is 0 Å². The van der Waals surface area contributed by atoms with E-state index in [1.54, 1.807) is 31.2 Å². The Bertz CT molecular complexity index is 595. The highest BCUT2D eigenvalue weighted by molar-refractivity contribution is 5.53. The van der Waals surface area contributed by atoms with E-state index in [9.17, 15) is 15.2 Å². The van der Waals surface area contributed by atoms with Gasteiger partial charge in [-0.25, -0.2) is 0 Å². The Morgan fingerprint density at radius 3 is 2.61 bits per heavy atom. The third kappa shape index (κ3) is 2.40. The van der Waals surface area contributed by atoms with E-state index >= 15 is 0 Å². The molecule has 0 bridgehead atoms. The van der Waals surface area contributed by atoms with Crippen LogP contribution in [0.4, 0.5) is 5.69 Å². The summed E-state index contributed by atoms with van der Waals surface area (Å²) in [5.74, 6) is 0.587. The van der Waals surface area contributed by atoms with Crippen LogP contribution in [0.5, 0.6) is 17.2 Å². The molecule has 92 valence electrons. The average molecular weight is 245 g/mol. The standard InChI is InChI=1S/C13H11NO4/c1-9-4-2-7-12(14(16)17)13(9)18-11-6-3-5-10(15)8-11/h2-8,15H,1H3. The lowest BCUT2D eigenvalue weighted by atomic mass is 10.2. The van der Waals surface area contributed by atoms with Crippen molar-refractivity contribution in [2.45, 2.75) is 6.92 Å². The highest BCUT2D eigenvalue weighted by atomic mass is 16.6. The number of benzene rings is 2. The first kappa shape index (κ1) is 11.9. The largest absolute Gasteiger partial charge is 0.508 e. The number of para-hydroxylation sites is 1. The second-order valence-corrected chi connectivity index (χ2v) is 3.78. The molecule has 5 nitrogen and oxygen atoms in total. The Labute approximate surface area is 103 Å². The molecule has 18 heavy (non-hydrogen) atoms. The van der Waals surface area contributed by atoms with Crippen molar-refractivity contribution in [2.24, 2.45) is 0 Å². The Balaban J connectivity index is 2.42. The van der Waals surface area contributed by atoms with Gasteiger partial charge >= 0.3 is 5.69 Å². The Morgan fingerprint density at radius 2 is 1.94 bits per heavy atom. The molecule has 2 aromatic rings. The average Bonchev–Trinajstić information content (AvgIpc) is 2.31. The molecule has 0 saturated carbocycles. The minimum absolute atomic E-state index is 0.0451. The minimum atomic E-state index is -0.495. The molecule has 2 rings (SSSR count). The monoisotopic (exact) mass is 245 g/mol. The van der Waals surface area contributed by atoms with E-state index in [1.165, 1.54) is 18.2 Å². The van der Waals surface area contributed by atoms with Crippen LogP contribution in [0.3, 0.4) is 0 Å². The van der Waals surface area contributed by atoms with Gasteiger partial charge in [-0.15, -0.1) is 0 Å². The van der Waals surface area contributed by atoms with Gasteiger partial charge in [0.15, 0.2) is 0 Å². The highest BCUT2D eigenvalue weighted by Crippen LogP contribution is 2.34. The first-order valence-corrected chi connectivity index (χ1v) is 5.29. The molecular formula is C13H11NO4. The number of rotatable bonds is 3. The molecule has 0 aliphatic heterocycles. The highest BCUT2D eigenvalue weighted by Gasteiger charge is 2.17. The normalized spacial score (nSPS) is 10.1. The Kier molecular flexibility index (Phi) is 3.14. The molecule has 0 aromatic heterocycles. The molecule has 0 spiro atoms. The van der Waals surface area contributed by atoms with Crippen LogP contribution < -0.4 is 4.74 Å². The molecule has 0 heterocycles. The van der Waals surface area contributed by atoms with E-state index in [0.717, 1.165) is 0 Å².